The fourth-order valence-electron chi connectivity index (χ4n) is 2.90. The van der Waals surface area contributed by atoms with Crippen molar-refractivity contribution in [3.63, 3.8) is 0 Å². The van der Waals surface area contributed by atoms with Crippen LogP contribution in [-0.2, 0) is 0 Å². The summed E-state index contributed by atoms with van der Waals surface area (Å²) in [6.45, 7) is 3.54. The quantitative estimate of drug-likeness (QED) is 0.790. The third kappa shape index (κ3) is 3.67. The molecule has 0 N–H and O–H groups in total. The van der Waals surface area contributed by atoms with Gasteiger partial charge in [-0.2, -0.15) is 0 Å². The van der Waals surface area contributed by atoms with Crippen molar-refractivity contribution in [3.8, 4) is 0 Å². The smallest absolute Gasteiger partial charge is 0.123 e. The molecule has 0 atom stereocenters. The molecule has 0 saturated carbocycles. The van der Waals surface area contributed by atoms with Gasteiger partial charge >= 0.3 is 0 Å². The first kappa shape index (κ1) is 16.7. The minimum atomic E-state index is -0.195. The van der Waals surface area contributed by atoms with Gasteiger partial charge in [0.05, 0.1) is 0 Å². The summed E-state index contributed by atoms with van der Waals surface area (Å²) in [5, 5.41) is 0. The summed E-state index contributed by atoms with van der Waals surface area (Å²) in [4.78, 5) is 7.50. The standard InChI is InChI=1S/C19H22FN3S/c1-21(2)17-7-3-15(4-8-17)19(24)23-13-11-22(12-14-23)18-9-5-16(20)6-10-18/h3-10H,11-14H2,1-2H3. The van der Waals surface area contributed by atoms with Gasteiger partial charge in [0.25, 0.3) is 0 Å². The second-order valence-corrected chi connectivity index (χ2v) is 6.58. The van der Waals surface area contributed by atoms with E-state index in [0.717, 1.165) is 42.4 Å². The Hall–Kier alpha value is -2.14. The number of thiocarbonyl (C=S) groups is 1. The van der Waals surface area contributed by atoms with E-state index in [1.165, 1.54) is 17.8 Å². The lowest BCUT2D eigenvalue weighted by Crippen LogP contribution is -2.48. The number of hydrogen-bond acceptors (Lipinski definition) is 3. The summed E-state index contributed by atoms with van der Waals surface area (Å²) in [6, 6.07) is 15.1. The largest absolute Gasteiger partial charge is 0.378 e. The molecule has 1 saturated heterocycles. The molecule has 0 radical (unpaired) electrons. The van der Waals surface area contributed by atoms with Gasteiger partial charge in [-0.3, -0.25) is 0 Å². The van der Waals surface area contributed by atoms with Crippen molar-refractivity contribution < 1.29 is 4.39 Å². The number of nitrogens with zero attached hydrogens (tertiary/aromatic N) is 3. The third-order valence-electron chi connectivity index (χ3n) is 4.39. The van der Waals surface area contributed by atoms with Crippen LogP contribution in [0.1, 0.15) is 5.56 Å². The number of anilines is 2. The number of rotatable bonds is 3. The zero-order valence-corrected chi connectivity index (χ0v) is 14.9. The molecule has 0 spiro atoms. The summed E-state index contributed by atoms with van der Waals surface area (Å²) in [6.07, 6.45) is 0. The average Bonchev–Trinajstić information content (AvgIpc) is 2.62. The first-order valence-electron chi connectivity index (χ1n) is 8.12. The highest BCUT2D eigenvalue weighted by Gasteiger charge is 2.20. The Morgan fingerprint density at radius 3 is 2.04 bits per heavy atom. The number of hydrogen-bond donors (Lipinski definition) is 0. The van der Waals surface area contributed by atoms with E-state index in [2.05, 4.69) is 39.0 Å². The van der Waals surface area contributed by atoms with Gasteiger partial charge in [-0.05, 0) is 48.5 Å². The van der Waals surface area contributed by atoms with E-state index in [9.17, 15) is 4.39 Å². The number of piperazine rings is 1. The third-order valence-corrected chi connectivity index (χ3v) is 4.88. The second-order valence-electron chi connectivity index (χ2n) is 6.20. The van der Waals surface area contributed by atoms with Crippen LogP contribution in [-0.4, -0.2) is 50.2 Å². The molecule has 0 unspecified atom stereocenters. The van der Waals surface area contributed by atoms with E-state index >= 15 is 0 Å². The summed E-state index contributed by atoms with van der Waals surface area (Å²) < 4.78 is 13.0. The maximum Gasteiger partial charge on any atom is 0.123 e. The summed E-state index contributed by atoms with van der Waals surface area (Å²) in [7, 11) is 4.06. The van der Waals surface area contributed by atoms with Crippen molar-refractivity contribution >= 4 is 28.6 Å². The molecule has 5 heteroatoms. The van der Waals surface area contributed by atoms with Crippen LogP contribution < -0.4 is 9.80 Å². The zero-order chi connectivity index (χ0) is 17.1. The number of benzene rings is 2. The van der Waals surface area contributed by atoms with Gasteiger partial charge in [-0.25, -0.2) is 4.39 Å². The molecule has 0 amide bonds. The van der Waals surface area contributed by atoms with Crippen LogP contribution in [0, 0.1) is 5.82 Å². The van der Waals surface area contributed by atoms with Crippen LogP contribution in [0.15, 0.2) is 48.5 Å². The van der Waals surface area contributed by atoms with Crippen molar-refractivity contribution in [2.75, 3.05) is 50.1 Å². The van der Waals surface area contributed by atoms with Gasteiger partial charge in [0.2, 0.25) is 0 Å². The summed E-state index contributed by atoms with van der Waals surface area (Å²) in [5.41, 5.74) is 3.32. The SMILES string of the molecule is CN(C)c1ccc(C(=S)N2CCN(c3ccc(F)cc3)CC2)cc1. The van der Waals surface area contributed by atoms with Crippen LogP contribution in [0.5, 0.6) is 0 Å². The molecule has 1 heterocycles. The van der Waals surface area contributed by atoms with Crippen molar-refractivity contribution in [1.29, 1.82) is 0 Å². The second kappa shape index (κ2) is 7.18. The predicted octanol–water partition coefficient (Wildman–Crippen LogP) is 3.39. The van der Waals surface area contributed by atoms with Crippen LogP contribution in [0.25, 0.3) is 0 Å². The van der Waals surface area contributed by atoms with Crippen LogP contribution in [0.2, 0.25) is 0 Å². The van der Waals surface area contributed by atoms with Crippen LogP contribution in [0.4, 0.5) is 15.8 Å². The maximum absolute atomic E-state index is 13.0. The Kier molecular flexibility index (Phi) is 5.00. The van der Waals surface area contributed by atoms with Crippen molar-refractivity contribution in [1.82, 2.24) is 4.90 Å². The van der Waals surface area contributed by atoms with E-state index in [4.69, 9.17) is 12.2 Å². The van der Waals surface area contributed by atoms with Crippen molar-refractivity contribution in [2.24, 2.45) is 0 Å². The molecule has 1 aliphatic heterocycles. The normalized spacial score (nSPS) is 14.6. The van der Waals surface area contributed by atoms with Gasteiger partial charge < -0.3 is 14.7 Å². The molecule has 1 aliphatic rings. The van der Waals surface area contributed by atoms with Gasteiger partial charge in [0.1, 0.15) is 10.8 Å². The minimum Gasteiger partial charge on any atom is -0.378 e. The fourth-order valence-corrected chi connectivity index (χ4v) is 3.22. The molecule has 0 aromatic heterocycles. The minimum absolute atomic E-state index is 0.195. The number of halogens is 1. The average molecular weight is 343 g/mol. The van der Waals surface area contributed by atoms with E-state index < -0.39 is 0 Å². The monoisotopic (exact) mass is 343 g/mol. The van der Waals surface area contributed by atoms with Crippen molar-refractivity contribution in [3.05, 3.63) is 59.9 Å². The molecule has 0 bridgehead atoms. The first-order valence-corrected chi connectivity index (χ1v) is 8.52. The Balaban J connectivity index is 1.61. The Morgan fingerprint density at radius 1 is 0.917 bits per heavy atom. The van der Waals surface area contributed by atoms with Crippen LogP contribution >= 0.6 is 12.2 Å². The molecular weight excluding hydrogens is 321 g/mol. The molecule has 3 rings (SSSR count). The lowest BCUT2D eigenvalue weighted by molar-refractivity contribution is 0.392. The molecular formula is C19H22FN3S. The van der Waals surface area contributed by atoms with Gasteiger partial charge in [-0.1, -0.05) is 12.2 Å². The van der Waals surface area contributed by atoms with Gasteiger partial charge in [0.15, 0.2) is 0 Å². The lowest BCUT2D eigenvalue weighted by Gasteiger charge is -2.37. The molecule has 3 nitrogen and oxygen atoms in total. The van der Waals surface area contributed by atoms with E-state index in [-0.39, 0.29) is 5.82 Å². The highest BCUT2D eigenvalue weighted by molar-refractivity contribution is 7.80. The highest BCUT2D eigenvalue weighted by Crippen LogP contribution is 2.19. The van der Waals surface area contributed by atoms with E-state index in [1.807, 2.05) is 26.2 Å². The topological polar surface area (TPSA) is 9.72 Å². The molecule has 126 valence electrons. The van der Waals surface area contributed by atoms with E-state index in [0.29, 0.717) is 0 Å². The fraction of sp³-hybridized carbons (Fsp3) is 0.316. The maximum atomic E-state index is 13.0. The summed E-state index contributed by atoms with van der Waals surface area (Å²) in [5.74, 6) is -0.195. The van der Waals surface area contributed by atoms with Crippen LogP contribution in [0.3, 0.4) is 0 Å². The predicted molar refractivity (Wildman–Crippen MR) is 103 cm³/mol. The summed E-state index contributed by atoms with van der Waals surface area (Å²) >= 11 is 5.67. The Morgan fingerprint density at radius 2 is 1.50 bits per heavy atom. The lowest BCUT2D eigenvalue weighted by atomic mass is 10.1. The molecule has 2 aromatic rings. The van der Waals surface area contributed by atoms with E-state index in [1.54, 1.807) is 0 Å². The van der Waals surface area contributed by atoms with Gasteiger partial charge in [0, 0.05) is 57.2 Å². The molecule has 24 heavy (non-hydrogen) atoms. The highest BCUT2D eigenvalue weighted by atomic mass is 32.1. The Bertz CT molecular complexity index is 690. The first-order chi connectivity index (χ1) is 11.5. The Labute approximate surface area is 148 Å². The molecule has 0 aliphatic carbocycles. The molecule has 1 fully saturated rings. The van der Waals surface area contributed by atoms with Crippen molar-refractivity contribution in [2.45, 2.75) is 0 Å². The van der Waals surface area contributed by atoms with Gasteiger partial charge in [-0.15, -0.1) is 0 Å². The molecule has 2 aromatic carbocycles. The zero-order valence-electron chi connectivity index (χ0n) is 14.1.